The number of amides is 1. The van der Waals surface area contributed by atoms with Crippen molar-refractivity contribution >= 4 is 5.91 Å². The fraction of sp³-hybridized carbons (Fsp3) is 0.571. The summed E-state index contributed by atoms with van der Waals surface area (Å²) in [4.78, 5) is 18.3. The highest BCUT2D eigenvalue weighted by molar-refractivity contribution is 5.87. The van der Waals surface area contributed by atoms with Gasteiger partial charge in [0.2, 0.25) is 5.91 Å². The Labute approximate surface area is 113 Å². The summed E-state index contributed by atoms with van der Waals surface area (Å²) in [5.41, 5.74) is 6.02. The van der Waals surface area contributed by atoms with Crippen molar-refractivity contribution in [2.75, 3.05) is 32.8 Å². The van der Waals surface area contributed by atoms with Gasteiger partial charge in [-0.3, -0.25) is 14.7 Å². The van der Waals surface area contributed by atoms with Crippen LogP contribution in [0.4, 0.5) is 0 Å². The number of pyridine rings is 1. The third-order valence-electron chi connectivity index (χ3n) is 3.91. The van der Waals surface area contributed by atoms with Gasteiger partial charge in [-0.25, -0.2) is 0 Å². The molecule has 104 valence electrons. The number of primary amides is 1. The Morgan fingerprint density at radius 1 is 1.42 bits per heavy atom. The SMILES string of the molecule is CCC(CN1CCOCC1)(C(N)=O)c1ccncc1. The lowest BCUT2D eigenvalue weighted by atomic mass is 9.77. The number of nitrogens with two attached hydrogens (primary N) is 1. The first-order valence-electron chi connectivity index (χ1n) is 6.69. The molecule has 2 N–H and O–H groups in total. The minimum Gasteiger partial charge on any atom is -0.379 e. The van der Waals surface area contributed by atoms with Crippen LogP contribution < -0.4 is 5.73 Å². The first-order chi connectivity index (χ1) is 9.19. The van der Waals surface area contributed by atoms with Crippen LogP contribution in [0.1, 0.15) is 18.9 Å². The first kappa shape index (κ1) is 14.0. The van der Waals surface area contributed by atoms with Gasteiger partial charge in [-0.05, 0) is 24.1 Å². The van der Waals surface area contributed by atoms with Crippen LogP contribution in [0.25, 0.3) is 0 Å². The normalized spacial score (nSPS) is 19.8. The zero-order chi connectivity index (χ0) is 13.7. The molecule has 1 aromatic heterocycles. The van der Waals surface area contributed by atoms with Crippen LogP contribution in [0.3, 0.4) is 0 Å². The molecule has 0 aromatic carbocycles. The topological polar surface area (TPSA) is 68.5 Å². The fourth-order valence-corrected chi connectivity index (χ4v) is 2.61. The number of nitrogens with zero attached hydrogens (tertiary/aromatic N) is 2. The molecule has 1 amide bonds. The summed E-state index contributed by atoms with van der Waals surface area (Å²) in [6.45, 7) is 5.78. The first-order valence-corrected chi connectivity index (χ1v) is 6.69. The van der Waals surface area contributed by atoms with Crippen LogP contribution in [-0.2, 0) is 14.9 Å². The zero-order valence-electron chi connectivity index (χ0n) is 11.3. The molecular weight excluding hydrogens is 242 g/mol. The number of carbonyl (C=O) groups excluding carboxylic acids is 1. The number of hydrogen-bond acceptors (Lipinski definition) is 4. The van der Waals surface area contributed by atoms with Gasteiger partial charge in [0.25, 0.3) is 0 Å². The van der Waals surface area contributed by atoms with Gasteiger partial charge in [0.15, 0.2) is 0 Å². The molecule has 0 bridgehead atoms. The van der Waals surface area contributed by atoms with E-state index < -0.39 is 5.41 Å². The molecule has 1 fully saturated rings. The predicted octanol–water partition coefficient (Wildman–Crippen LogP) is 0.547. The lowest BCUT2D eigenvalue weighted by molar-refractivity contribution is -0.125. The van der Waals surface area contributed by atoms with Crippen LogP contribution in [0.5, 0.6) is 0 Å². The molecular formula is C14H21N3O2. The Morgan fingerprint density at radius 3 is 2.58 bits per heavy atom. The van der Waals surface area contributed by atoms with E-state index in [-0.39, 0.29) is 5.91 Å². The van der Waals surface area contributed by atoms with E-state index in [1.165, 1.54) is 0 Å². The standard InChI is InChI=1S/C14H21N3O2/c1-2-14(13(15)18,12-3-5-16-6-4-12)11-17-7-9-19-10-8-17/h3-6H,2,7-11H2,1H3,(H2,15,18). The summed E-state index contributed by atoms with van der Waals surface area (Å²) in [7, 11) is 0. The minimum atomic E-state index is -0.639. The van der Waals surface area contributed by atoms with E-state index in [0.29, 0.717) is 13.0 Å². The summed E-state index contributed by atoms with van der Waals surface area (Å²) >= 11 is 0. The monoisotopic (exact) mass is 263 g/mol. The predicted molar refractivity (Wildman–Crippen MR) is 72.7 cm³/mol. The number of aromatic nitrogens is 1. The summed E-state index contributed by atoms with van der Waals surface area (Å²) in [5, 5.41) is 0. The Morgan fingerprint density at radius 2 is 2.05 bits per heavy atom. The third-order valence-corrected chi connectivity index (χ3v) is 3.91. The molecule has 0 saturated carbocycles. The van der Waals surface area contributed by atoms with Gasteiger partial charge in [0, 0.05) is 32.0 Å². The molecule has 2 heterocycles. The fourth-order valence-electron chi connectivity index (χ4n) is 2.61. The van der Waals surface area contributed by atoms with Gasteiger partial charge < -0.3 is 10.5 Å². The van der Waals surface area contributed by atoms with Crippen molar-refractivity contribution < 1.29 is 9.53 Å². The maximum atomic E-state index is 12.1. The highest BCUT2D eigenvalue weighted by Crippen LogP contribution is 2.29. The molecule has 2 rings (SSSR count). The van der Waals surface area contributed by atoms with Crippen LogP contribution in [0.2, 0.25) is 0 Å². The lowest BCUT2D eigenvalue weighted by Gasteiger charge is -2.37. The lowest BCUT2D eigenvalue weighted by Crippen LogP contribution is -2.52. The molecule has 1 saturated heterocycles. The Bertz CT molecular complexity index is 418. The van der Waals surface area contributed by atoms with Crippen molar-refractivity contribution in [1.82, 2.24) is 9.88 Å². The molecule has 1 atom stereocenters. The van der Waals surface area contributed by atoms with Crippen molar-refractivity contribution in [3.8, 4) is 0 Å². The second kappa shape index (κ2) is 6.12. The summed E-state index contributed by atoms with van der Waals surface area (Å²) < 4.78 is 5.35. The van der Waals surface area contributed by atoms with Crippen LogP contribution >= 0.6 is 0 Å². The van der Waals surface area contributed by atoms with Gasteiger partial charge in [0.1, 0.15) is 0 Å². The van der Waals surface area contributed by atoms with E-state index in [2.05, 4.69) is 9.88 Å². The Balaban J connectivity index is 2.26. The maximum Gasteiger partial charge on any atom is 0.229 e. The molecule has 0 spiro atoms. The Hall–Kier alpha value is -1.46. The maximum absolute atomic E-state index is 12.1. The second-order valence-electron chi connectivity index (χ2n) is 4.92. The number of ether oxygens (including phenoxy) is 1. The number of carbonyl (C=O) groups is 1. The minimum absolute atomic E-state index is 0.271. The largest absolute Gasteiger partial charge is 0.379 e. The van der Waals surface area contributed by atoms with Crippen LogP contribution in [0, 0.1) is 0 Å². The molecule has 1 aliphatic rings. The highest BCUT2D eigenvalue weighted by Gasteiger charge is 2.38. The molecule has 1 aromatic rings. The molecule has 5 nitrogen and oxygen atoms in total. The summed E-state index contributed by atoms with van der Waals surface area (Å²) in [5.74, 6) is -0.271. The van der Waals surface area contributed by atoms with Gasteiger partial charge in [-0.15, -0.1) is 0 Å². The number of morpholine rings is 1. The zero-order valence-corrected chi connectivity index (χ0v) is 11.3. The average Bonchev–Trinajstić information content (AvgIpc) is 2.46. The van der Waals surface area contributed by atoms with Gasteiger partial charge in [-0.2, -0.15) is 0 Å². The van der Waals surface area contributed by atoms with Crippen molar-refractivity contribution in [2.24, 2.45) is 5.73 Å². The molecule has 0 aliphatic carbocycles. The van der Waals surface area contributed by atoms with Crippen molar-refractivity contribution in [3.63, 3.8) is 0 Å². The Kier molecular flexibility index (Phi) is 4.50. The quantitative estimate of drug-likeness (QED) is 0.842. The van der Waals surface area contributed by atoms with E-state index in [1.807, 2.05) is 19.1 Å². The third kappa shape index (κ3) is 2.93. The van der Waals surface area contributed by atoms with E-state index >= 15 is 0 Å². The van der Waals surface area contributed by atoms with Gasteiger partial charge in [0.05, 0.1) is 18.6 Å². The molecule has 0 radical (unpaired) electrons. The molecule has 5 heteroatoms. The van der Waals surface area contributed by atoms with Crippen molar-refractivity contribution in [2.45, 2.75) is 18.8 Å². The average molecular weight is 263 g/mol. The van der Waals surface area contributed by atoms with Gasteiger partial charge >= 0.3 is 0 Å². The summed E-state index contributed by atoms with van der Waals surface area (Å²) in [6.07, 6.45) is 4.10. The molecule has 19 heavy (non-hydrogen) atoms. The molecule has 1 aliphatic heterocycles. The van der Waals surface area contributed by atoms with E-state index in [1.54, 1.807) is 12.4 Å². The highest BCUT2D eigenvalue weighted by atomic mass is 16.5. The second-order valence-corrected chi connectivity index (χ2v) is 4.92. The van der Waals surface area contributed by atoms with Crippen molar-refractivity contribution in [1.29, 1.82) is 0 Å². The summed E-state index contributed by atoms with van der Waals surface area (Å²) in [6, 6.07) is 3.77. The van der Waals surface area contributed by atoms with E-state index in [9.17, 15) is 4.79 Å². The molecule has 1 unspecified atom stereocenters. The van der Waals surface area contributed by atoms with E-state index in [4.69, 9.17) is 10.5 Å². The van der Waals surface area contributed by atoms with Crippen LogP contribution in [-0.4, -0.2) is 48.6 Å². The van der Waals surface area contributed by atoms with E-state index in [0.717, 1.165) is 31.9 Å². The number of hydrogen-bond donors (Lipinski definition) is 1. The smallest absolute Gasteiger partial charge is 0.229 e. The number of rotatable bonds is 5. The van der Waals surface area contributed by atoms with Crippen molar-refractivity contribution in [3.05, 3.63) is 30.1 Å². The van der Waals surface area contributed by atoms with Crippen LogP contribution in [0.15, 0.2) is 24.5 Å². The van der Waals surface area contributed by atoms with Gasteiger partial charge in [-0.1, -0.05) is 6.92 Å².